The number of hydrogen-bond donors (Lipinski definition) is 1. The summed E-state index contributed by atoms with van der Waals surface area (Å²) in [5, 5.41) is 3.31. The van der Waals surface area contributed by atoms with Gasteiger partial charge in [0.05, 0.1) is 13.2 Å². The molecule has 0 fully saturated rings. The number of rotatable bonds is 9. The summed E-state index contributed by atoms with van der Waals surface area (Å²) < 4.78 is 10.6. The number of ether oxygens (including phenoxy) is 2. The average Bonchev–Trinajstić information content (AvgIpc) is 2.35. The van der Waals surface area contributed by atoms with Gasteiger partial charge in [-0.05, 0) is 38.4 Å². The van der Waals surface area contributed by atoms with Gasteiger partial charge in [0.2, 0.25) is 0 Å². The Balaban J connectivity index is 1.95. The molecule has 0 heterocycles. The minimum Gasteiger partial charge on any atom is -0.494 e. The molecule has 0 spiro atoms. The smallest absolute Gasteiger partial charge is 0.119 e. The summed E-state index contributed by atoms with van der Waals surface area (Å²) in [6.45, 7) is 5.60. The predicted octanol–water partition coefficient (Wildman–Crippen LogP) is 2.39. The van der Waals surface area contributed by atoms with E-state index in [2.05, 4.69) is 24.4 Å². The molecule has 0 bridgehead atoms. The van der Waals surface area contributed by atoms with E-state index in [1.165, 1.54) is 5.56 Å². The average molecular weight is 237 g/mol. The van der Waals surface area contributed by atoms with E-state index in [4.69, 9.17) is 9.47 Å². The van der Waals surface area contributed by atoms with Crippen molar-refractivity contribution in [2.45, 2.75) is 19.8 Å². The molecule has 1 rings (SSSR count). The van der Waals surface area contributed by atoms with Gasteiger partial charge < -0.3 is 14.8 Å². The lowest BCUT2D eigenvalue weighted by Gasteiger charge is -2.07. The number of methoxy groups -OCH3 is 1. The van der Waals surface area contributed by atoms with Crippen LogP contribution in [0.25, 0.3) is 0 Å². The zero-order chi connectivity index (χ0) is 12.3. The van der Waals surface area contributed by atoms with Crippen LogP contribution in [0.1, 0.15) is 18.4 Å². The Morgan fingerprint density at radius 2 is 1.76 bits per heavy atom. The van der Waals surface area contributed by atoms with Gasteiger partial charge in [-0.2, -0.15) is 0 Å². The van der Waals surface area contributed by atoms with E-state index in [0.29, 0.717) is 0 Å². The Morgan fingerprint density at radius 3 is 2.47 bits per heavy atom. The van der Waals surface area contributed by atoms with Gasteiger partial charge >= 0.3 is 0 Å². The number of aryl methyl sites for hydroxylation is 1. The number of unbranched alkanes of at least 4 members (excludes halogenated alkanes) is 1. The first kappa shape index (κ1) is 14.0. The highest BCUT2D eigenvalue weighted by Gasteiger charge is 1.93. The van der Waals surface area contributed by atoms with Crippen LogP contribution >= 0.6 is 0 Å². The van der Waals surface area contributed by atoms with Crippen LogP contribution in [0, 0.1) is 6.92 Å². The monoisotopic (exact) mass is 237 g/mol. The normalized spacial score (nSPS) is 10.5. The van der Waals surface area contributed by atoms with Crippen molar-refractivity contribution in [3.05, 3.63) is 29.8 Å². The largest absolute Gasteiger partial charge is 0.494 e. The lowest BCUT2D eigenvalue weighted by molar-refractivity contribution is 0.199. The Kier molecular flexibility index (Phi) is 7.43. The van der Waals surface area contributed by atoms with E-state index in [9.17, 15) is 0 Å². The molecule has 0 aliphatic rings. The van der Waals surface area contributed by atoms with E-state index in [0.717, 1.165) is 44.9 Å². The Hall–Kier alpha value is -1.06. The fourth-order valence-electron chi connectivity index (χ4n) is 1.48. The van der Waals surface area contributed by atoms with Gasteiger partial charge in [-0.15, -0.1) is 0 Å². The van der Waals surface area contributed by atoms with Crippen molar-refractivity contribution >= 4 is 0 Å². The Morgan fingerprint density at radius 1 is 1.00 bits per heavy atom. The molecule has 0 amide bonds. The minimum atomic E-state index is 0.778. The topological polar surface area (TPSA) is 30.5 Å². The molecule has 3 heteroatoms. The fourth-order valence-corrected chi connectivity index (χ4v) is 1.48. The van der Waals surface area contributed by atoms with E-state index in [1.54, 1.807) is 7.11 Å². The van der Waals surface area contributed by atoms with Gasteiger partial charge in [-0.1, -0.05) is 17.7 Å². The molecule has 0 saturated heterocycles. The Bertz CT molecular complexity index is 285. The molecule has 96 valence electrons. The number of hydrogen-bond acceptors (Lipinski definition) is 3. The van der Waals surface area contributed by atoms with Crippen molar-refractivity contribution in [2.24, 2.45) is 0 Å². The van der Waals surface area contributed by atoms with E-state index < -0.39 is 0 Å². The third-order valence-electron chi connectivity index (χ3n) is 2.52. The number of nitrogens with one attached hydrogen (secondary N) is 1. The second-order valence-corrected chi connectivity index (χ2v) is 4.11. The van der Waals surface area contributed by atoms with E-state index >= 15 is 0 Å². The molecule has 0 radical (unpaired) electrons. The van der Waals surface area contributed by atoms with Gasteiger partial charge in [0.15, 0.2) is 0 Å². The summed E-state index contributed by atoms with van der Waals surface area (Å²) in [6, 6.07) is 8.18. The van der Waals surface area contributed by atoms with Crippen molar-refractivity contribution in [3.63, 3.8) is 0 Å². The van der Waals surface area contributed by atoms with Crippen LogP contribution < -0.4 is 10.1 Å². The van der Waals surface area contributed by atoms with Gasteiger partial charge in [0, 0.05) is 13.7 Å². The first-order chi connectivity index (χ1) is 8.33. The summed E-state index contributed by atoms with van der Waals surface area (Å²) in [5.41, 5.74) is 1.26. The lowest BCUT2D eigenvalue weighted by atomic mass is 10.2. The van der Waals surface area contributed by atoms with Crippen LogP contribution in [0.4, 0.5) is 0 Å². The zero-order valence-electron chi connectivity index (χ0n) is 10.9. The molecule has 0 aromatic heterocycles. The lowest BCUT2D eigenvalue weighted by Crippen LogP contribution is -2.20. The second-order valence-electron chi connectivity index (χ2n) is 4.11. The summed E-state index contributed by atoms with van der Waals surface area (Å²) in [5.74, 6) is 0.961. The maximum atomic E-state index is 5.64. The van der Waals surface area contributed by atoms with Crippen molar-refractivity contribution < 1.29 is 9.47 Å². The molecular formula is C14H23NO2. The van der Waals surface area contributed by atoms with Gasteiger partial charge in [0.25, 0.3) is 0 Å². The van der Waals surface area contributed by atoms with Gasteiger partial charge in [-0.25, -0.2) is 0 Å². The van der Waals surface area contributed by atoms with Crippen LogP contribution in [0.15, 0.2) is 24.3 Å². The predicted molar refractivity (Wildman–Crippen MR) is 70.7 cm³/mol. The van der Waals surface area contributed by atoms with Crippen LogP contribution in [-0.2, 0) is 4.74 Å². The molecule has 0 saturated carbocycles. The maximum Gasteiger partial charge on any atom is 0.119 e. The molecule has 0 unspecified atom stereocenters. The molecule has 1 N–H and O–H groups in total. The third kappa shape index (κ3) is 6.97. The minimum absolute atomic E-state index is 0.778. The standard InChI is InChI=1S/C14H23NO2/c1-13-5-7-14(8-6-13)17-11-4-3-9-15-10-12-16-2/h5-8,15H,3-4,9-12H2,1-2H3. The summed E-state index contributed by atoms with van der Waals surface area (Å²) >= 11 is 0. The van der Waals surface area contributed by atoms with Gasteiger partial charge in [0.1, 0.15) is 5.75 Å². The third-order valence-corrected chi connectivity index (χ3v) is 2.52. The summed E-state index contributed by atoms with van der Waals surface area (Å²) in [6.07, 6.45) is 2.21. The highest BCUT2D eigenvalue weighted by molar-refractivity contribution is 5.26. The van der Waals surface area contributed by atoms with Crippen LogP contribution in [0.3, 0.4) is 0 Å². The molecule has 0 atom stereocenters. The molecule has 1 aromatic carbocycles. The highest BCUT2D eigenvalue weighted by atomic mass is 16.5. The van der Waals surface area contributed by atoms with Crippen LogP contribution in [-0.4, -0.2) is 33.4 Å². The number of benzene rings is 1. The molecule has 0 aliphatic carbocycles. The van der Waals surface area contributed by atoms with Crippen LogP contribution in [0.2, 0.25) is 0 Å². The van der Waals surface area contributed by atoms with E-state index in [1.807, 2.05) is 12.1 Å². The second kappa shape index (κ2) is 9.02. The molecular weight excluding hydrogens is 214 g/mol. The SMILES string of the molecule is COCCNCCCCOc1ccc(C)cc1. The first-order valence-corrected chi connectivity index (χ1v) is 6.22. The van der Waals surface area contributed by atoms with E-state index in [-0.39, 0.29) is 0 Å². The van der Waals surface area contributed by atoms with Crippen molar-refractivity contribution in [3.8, 4) is 5.75 Å². The highest BCUT2D eigenvalue weighted by Crippen LogP contribution is 2.11. The Labute approximate surface area is 104 Å². The fraction of sp³-hybridized carbons (Fsp3) is 0.571. The molecule has 0 aliphatic heterocycles. The quantitative estimate of drug-likeness (QED) is 0.669. The summed E-state index contributed by atoms with van der Waals surface area (Å²) in [7, 11) is 1.72. The zero-order valence-corrected chi connectivity index (χ0v) is 10.9. The molecule has 17 heavy (non-hydrogen) atoms. The first-order valence-electron chi connectivity index (χ1n) is 6.22. The van der Waals surface area contributed by atoms with Crippen molar-refractivity contribution in [1.82, 2.24) is 5.32 Å². The summed E-state index contributed by atoms with van der Waals surface area (Å²) in [4.78, 5) is 0. The van der Waals surface area contributed by atoms with Crippen LogP contribution in [0.5, 0.6) is 5.75 Å². The van der Waals surface area contributed by atoms with Crippen molar-refractivity contribution in [2.75, 3.05) is 33.4 Å². The molecule has 1 aromatic rings. The van der Waals surface area contributed by atoms with Gasteiger partial charge in [-0.3, -0.25) is 0 Å². The van der Waals surface area contributed by atoms with Crippen molar-refractivity contribution in [1.29, 1.82) is 0 Å². The molecule has 3 nitrogen and oxygen atoms in total. The maximum absolute atomic E-state index is 5.64.